The molecule has 1 atom stereocenters. The molecule has 4 aliphatic heterocycles. The molecular weight excluding hydrogens is 340 g/mol. The van der Waals surface area contributed by atoms with Crippen LogP contribution < -0.4 is 14.4 Å². The Morgan fingerprint density at radius 2 is 1.73 bits per heavy atom. The number of carbonyl (C=O) groups excluding carboxylic acids is 2. The van der Waals surface area contributed by atoms with Gasteiger partial charge in [-0.05, 0) is 12.1 Å². The molecule has 0 saturated carbocycles. The fraction of sp³-hybridized carbons (Fsp3) is 0.556. The molecule has 4 heterocycles. The van der Waals surface area contributed by atoms with Gasteiger partial charge in [-0.3, -0.25) is 14.5 Å². The largest absolute Gasteiger partial charge is 0.454 e. The van der Waals surface area contributed by atoms with E-state index in [9.17, 15) is 9.59 Å². The van der Waals surface area contributed by atoms with Gasteiger partial charge in [-0.15, -0.1) is 0 Å². The quantitative estimate of drug-likeness (QED) is 0.725. The Morgan fingerprint density at radius 3 is 2.50 bits per heavy atom. The molecule has 1 aromatic carbocycles. The molecule has 0 aliphatic carbocycles. The highest BCUT2D eigenvalue weighted by Gasteiger charge is 2.47. The molecule has 3 fully saturated rings. The zero-order chi connectivity index (χ0) is 17.7. The van der Waals surface area contributed by atoms with E-state index in [0.717, 1.165) is 12.8 Å². The number of nitrogens with zero attached hydrogens (tertiary/aromatic N) is 2. The van der Waals surface area contributed by atoms with E-state index in [1.807, 2.05) is 0 Å². The Hall–Kier alpha value is -2.16. The van der Waals surface area contributed by atoms with E-state index in [-0.39, 0.29) is 25.0 Å². The minimum Gasteiger partial charge on any atom is -0.454 e. The van der Waals surface area contributed by atoms with Crippen LogP contribution in [0.25, 0.3) is 0 Å². The summed E-state index contributed by atoms with van der Waals surface area (Å²) in [7, 11) is 0. The van der Waals surface area contributed by atoms with Crippen molar-refractivity contribution >= 4 is 17.5 Å². The summed E-state index contributed by atoms with van der Waals surface area (Å²) in [6.07, 6.45) is 1.63. The van der Waals surface area contributed by atoms with Gasteiger partial charge in [0.05, 0.1) is 31.4 Å². The molecular formula is C18H20N2O6. The number of piperidine rings is 1. The Morgan fingerprint density at radius 1 is 1.00 bits per heavy atom. The Bertz CT molecular complexity index is 750. The van der Waals surface area contributed by atoms with Crippen LogP contribution in [0.5, 0.6) is 11.5 Å². The van der Waals surface area contributed by atoms with E-state index in [0.29, 0.717) is 43.5 Å². The third-order valence-electron chi connectivity index (χ3n) is 5.55. The maximum atomic E-state index is 13.0. The first-order valence-electron chi connectivity index (χ1n) is 8.94. The standard InChI is InChI=1S/C18H20N2O6/c21-16-10-13(19-5-3-18(4-6-19)25-7-8-26-18)17(22)20(16)12-1-2-14-15(9-12)24-11-23-14/h1-2,9,13H,3-8,10-11H2. The first kappa shape index (κ1) is 16.0. The van der Waals surface area contributed by atoms with Gasteiger partial charge in [0.2, 0.25) is 12.7 Å². The molecule has 3 saturated heterocycles. The van der Waals surface area contributed by atoms with Crippen molar-refractivity contribution in [3.63, 3.8) is 0 Å². The monoisotopic (exact) mass is 360 g/mol. The smallest absolute Gasteiger partial charge is 0.251 e. The van der Waals surface area contributed by atoms with Gasteiger partial charge in [-0.25, -0.2) is 4.90 Å². The minimum absolute atomic E-state index is 0.156. The molecule has 0 bridgehead atoms. The molecule has 1 aromatic rings. The summed E-state index contributed by atoms with van der Waals surface area (Å²) in [5, 5.41) is 0. The van der Waals surface area contributed by atoms with Crippen LogP contribution in [0.15, 0.2) is 18.2 Å². The van der Waals surface area contributed by atoms with Crippen LogP contribution in [-0.2, 0) is 19.1 Å². The maximum absolute atomic E-state index is 13.0. The summed E-state index contributed by atoms with van der Waals surface area (Å²) in [6.45, 7) is 2.76. The summed E-state index contributed by atoms with van der Waals surface area (Å²) in [4.78, 5) is 28.8. The fourth-order valence-electron chi connectivity index (χ4n) is 4.16. The minimum atomic E-state index is -0.487. The van der Waals surface area contributed by atoms with Crippen molar-refractivity contribution in [1.82, 2.24) is 4.90 Å². The number of likely N-dealkylation sites (tertiary alicyclic amines) is 1. The summed E-state index contributed by atoms with van der Waals surface area (Å²) < 4.78 is 22.1. The molecule has 2 amide bonds. The number of amides is 2. The summed E-state index contributed by atoms with van der Waals surface area (Å²) in [6, 6.07) is 4.71. The van der Waals surface area contributed by atoms with Gasteiger partial charge in [0.25, 0.3) is 5.91 Å². The Balaban J connectivity index is 1.32. The van der Waals surface area contributed by atoms with E-state index in [4.69, 9.17) is 18.9 Å². The molecule has 0 radical (unpaired) electrons. The van der Waals surface area contributed by atoms with E-state index < -0.39 is 11.8 Å². The number of anilines is 1. The lowest BCUT2D eigenvalue weighted by Gasteiger charge is -2.39. The number of ether oxygens (including phenoxy) is 4. The lowest BCUT2D eigenvalue weighted by molar-refractivity contribution is -0.188. The van der Waals surface area contributed by atoms with Crippen molar-refractivity contribution in [1.29, 1.82) is 0 Å². The lowest BCUT2D eigenvalue weighted by Crippen LogP contribution is -2.51. The van der Waals surface area contributed by atoms with Crippen LogP contribution in [0, 0.1) is 0 Å². The van der Waals surface area contributed by atoms with Gasteiger partial charge in [-0.1, -0.05) is 0 Å². The maximum Gasteiger partial charge on any atom is 0.251 e. The zero-order valence-electron chi connectivity index (χ0n) is 14.3. The molecule has 8 nitrogen and oxygen atoms in total. The molecule has 5 rings (SSSR count). The molecule has 8 heteroatoms. The number of rotatable bonds is 2. The predicted molar refractivity (Wildman–Crippen MR) is 88.9 cm³/mol. The highest BCUT2D eigenvalue weighted by molar-refractivity contribution is 6.22. The molecule has 26 heavy (non-hydrogen) atoms. The highest BCUT2D eigenvalue weighted by atomic mass is 16.7. The van der Waals surface area contributed by atoms with Gasteiger partial charge < -0.3 is 18.9 Å². The number of benzene rings is 1. The van der Waals surface area contributed by atoms with Crippen LogP contribution in [0.2, 0.25) is 0 Å². The first-order chi connectivity index (χ1) is 12.7. The summed E-state index contributed by atoms with van der Waals surface area (Å²) in [5.41, 5.74) is 0.530. The van der Waals surface area contributed by atoms with E-state index in [2.05, 4.69) is 4.90 Å². The van der Waals surface area contributed by atoms with E-state index in [1.54, 1.807) is 18.2 Å². The Kier molecular flexibility index (Phi) is 3.66. The highest BCUT2D eigenvalue weighted by Crippen LogP contribution is 2.38. The second kappa shape index (κ2) is 5.94. The van der Waals surface area contributed by atoms with E-state index in [1.165, 1.54) is 4.90 Å². The molecule has 138 valence electrons. The van der Waals surface area contributed by atoms with Crippen LogP contribution in [0.3, 0.4) is 0 Å². The van der Waals surface area contributed by atoms with Crippen LogP contribution in [0.4, 0.5) is 5.69 Å². The van der Waals surface area contributed by atoms with Crippen molar-refractivity contribution in [2.45, 2.75) is 31.1 Å². The van der Waals surface area contributed by atoms with Crippen molar-refractivity contribution in [2.24, 2.45) is 0 Å². The van der Waals surface area contributed by atoms with Crippen LogP contribution in [-0.4, -0.2) is 61.6 Å². The summed E-state index contributed by atoms with van der Waals surface area (Å²) >= 11 is 0. The van der Waals surface area contributed by atoms with Crippen molar-refractivity contribution in [3.8, 4) is 11.5 Å². The molecule has 1 spiro atoms. The molecule has 0 N–H and O–H groups in total. The number of hydrogen-bond acceptors (Lipinski definition) is 7. The number of carbonyl (C=O) groups is 2. The fourth-order valence-corrected chi connectivity index (χ4v) is 4.16. The number of imide groups is 1. The van der Waals surface area contributed by atoms with Gasteiger partial charge in [0.15, 0.2) is 17.3 Å². The van der Waals surface area contributed by atoms with Crippen LogP contribution in [0.1, 0.15) is 19.3 Å². The van der Waals surface area contributed by atoms with Crippen LogP contribution >= 0.6 is 0 Å². The van der Waals surface area contributed by atoms with Gasteiger partial charge in [-0.2, -0.15) is 0 Å². The zero-order valence-corrected chi connectivity index (χ0v) is 14.3. The third-order valence-corrected chi connectivity index (χ3v) is 5.55. The second-order valence-electron chi connectivity index (χ2n) is 6.97. The predicted octanol–water partition coefficient (Wildman–Crippen LogP) is 0.886. The normalized spacial score (nSPS) is 27.7. The average Bonchev–Trinajstić information content (AvgIpc) is 3.35. The SMILES string of the molecule is O=C1CC(N2CCC3(CC2)OCCO3)C(=O)N1c1ccc2c(c1)OCO2. The number of fused-ring (bicyclic) bond motifs is 1. The van der Waals surface area contributed by atoms with Crippen molar-refractivity contribution < 1.29 is 28.5 Å². The van der Waals surface area contributed by atoms with Gasteiger partial charge >= 0.3 is 0 Å². The topological polar surface area (TPSA) is 77.5 Å². The Labute approximate surface area is 150 Å². The molecule has 0 aromatic heterocycles. The number of hydrogen-bond donors (Lipinski definition) is 0. The van der Waals surface area contributed by atoms with Crippen molar-refractivity contribution in [3.05, 3.63) is 18.2 Å². The summed E-state index contributed by atoms with van der Waals surface area (Å²) in [5.74, 6) is 0.328. The molecule has 1 unspecified atom stereocenters. The lowest BCUT2D eigenvalue weighted by atomic mass is 10.0. The molecule has 4 aliphatic rings. The average molecular weight is 360 g/mol. The third kappa shape index (κ3) is 2.48. The van der Waals surface area contributed by atoms with Gasteiger partial charge in [0.1, 0.15) is 0 Å². The van der Waals surface area contributed by atoms with Gasteiger partial charge in [0, 0.05) is 32.0 Å². The second-order valence-corrected chi connectivity index (χ2v) is 6.97. The first-order valence-corrected chi connectivity index (χ1v) is 8.94. The van der Waals surface area contributed by atoms with Crippen molar-refractivity contribution in [2.75, 3.05) is 38.0 Å². The van der Waals surface area contributed by atoms with E-state index >= 15 is 0 Å².